The molecule has 1 unspecified atom stereocenters. The van der Waals surface area contributed by atoms with Gasteiger partial charge in [0.25, 0.3) is 5.91 Å². The number of rotatable bonds is 10. The predicted molar refractivity (Wildman–Crippen MR) is 108 cm³/mol. The monoisotopic (exact) mass is 395 g/mol. The van der Waals surface area contributed by atoms with Crippen LogP contribution in [-0.2, 0) is 11.3 Å². The number of nitrogens with zero attached hydrogens (tertiary/aromatic N) is 2. The Bertz CT molecular complexity index is 911. The third-order valence-corrected chi connectivity index (χ3v) is 4.30. The van der Waals surface area contributed by atoms with Crippen molar-refractivity contribution in [2.45, 2.75) is 33.0 Å². The van der Waals surface area contributed by atoms with E-state index in [1.807, 2.05) is 43.3 Å². The number of aromatic nitrogens is 2. The maximum Gasteiger partial charge on any atom is 0.255 e. The lowest BCUT2D eigenvalue weighted by Crippen LogP contribution is -2.26. The highest BCUT2D eigenvalue weighted by molar-refractivity contribution is 5.96. The third kappa shape index (κ3) is 6.15. The van der Waals surface area contributed by atoms with E-state index in [1.54, 1.807) is 25.1 Å². The minimum atomic E-state index is -0.194. The summed E-state index contributed by atoms with van der Waals surface area (Å²) in [6.45, 7) is 4.94. The van der Waals surface area contributed by atoms with Crippen molar-refractivity contribution in [1.29, 1.82) is 0 Å². The Morgan fingerprint density at radius 1 is 1.14 bits per heavy atom. The van der Waals surface area contributed by atoms with Crippen LogP contribution in [0.15, 0.2) is 59.1 Å². The summed E-state index contributed by atoms with van der Waals surface area (Å²) in [6.07, 6.45) is 0.739. The van der Waals surface area contributed by atoms with Gasteiger partial charge in [-0.1, -0.05) is 47.6 Å². The van der Waals surface area contributed by atoms with Crippen molar-refractivity contribution < 1.29 is 18.8 Å². The van der Waals surface area contributed by atoms with Gasteiger partial charge in [0.1, 0.15) is 5.75 Å². The molecule has 152 valence electrons. The molecular weight excluding hydrogens is 370 g/mol. The van der Waals surface area contributed by atoms with E-state index in [1.165, 1.54) is 0 Å². The van der Waals surface area contributed by atoms with Crippen LogP contribution in [0.4, 0.5) is 0 Å². The summed E-state index contributed by atoms with van der Waals surface area (Å²) in [5.41, 5.74) is 1.60. The number of carbonyl (C=O) groups is 1. The average Bonchev–Trinajstić information content (AvgIpc) is 3.17. The molecule has 0 aliphatic heterocycles. The van der Waals surface area contributed by atoms with Gasteiger partial charge in [-0.05, 0) is 31.0 Å². The minimum Gasteiger partial charge on any atom is -0.485 e. The van der Waals surface area contributed by atoms with Crippen LogP contribution in [0.25, 0.3) is 0 Å². The number of benzene rings is 2. The van der Waals surface area contributed by atoms with Crippen LogP contribution in [0, 0.1) is 6.92 Å². The van der Waals surface area contributed by atoms with Gasteiger partial charge in [0.05, 0.1) is 11.7 Å². The number of hydrogen-bond acceptors (Lipinski definition) is 6. The van der Waals surface area contributed by atoms with E-state index < -0.39 is 0 Å². The first-order valence-electron chi connectivity index (χ1n) is 9.59. The van der Waals surface area contributed by atoms with Crippen LogP contribution < -0.4 is 10.1 Å². The molecule has 0 saturated heterocycles. The van der Waals surface area contributed by atoms with E-state index in [9.17, 15) is 4.79 Å². The van der Waals surface area contributed by atoms with E-state index in [2.05, 4.69) is 15.5 Å². The van der Waals surface area contributed by atoms with Crippen LogP contribution in [-0.4, -0.2) is 29.2 Å². The van der Waals surface area contributed by atoms with Crippen molar-refractivity contribution in [3.63, 3.8) is 0 Å². The minimum absolute atomic E-state index is 0.0230. The normalized spacial score (nSPS) is 11.8. The fraction of sp³-hybridized carbons (Fsp3) is 0.318. The Morgan fingerprint density at radius 2 is 1.90 bits per heavy atom. The molecule has 0 aliphatic rings. The molecule has 1 heterocycles. The summed E-state index contributed by atoms with van der Waals surface area (Å²) >= 11 is 0. The van der Waals surface area contributed by atoms with Gasteiger partial charge in [0.15, 0.2) is 6.61 Å². The van der Waals surface area contributed by atoms with E-state index in [0.29, 0.717) is 42.6 Å². The molecule has 1 atom stereocenters. The number of amides is 1. The lowest BCUT2D eigenvalue weighted by molar-refractivity contribution is 0.0634. The van der Waals surface area contributed by atoms with Gasteiger partial charge in [-0.2, -0.15) is 4.98 Å². The number of carbonyl (C=O) groups excluding carboxylic acids is 1. The van der Waals surface area contributed by atoms with Crippen molar-refractivity contribution in [3.8, 4) is 5.75 Å². The second kappa shape index (κ2) is 10.4. The van der Waals surface area contributed by atoms with Gasteiger partial charge >= 0.3 is 0 Å². The summed E-state index contributed by atoms with van der Waals surface area (Å²) in [6, 6.07) is 17.1. The molecule has 0 saturated carbocycles. The Labute approximate surface area is 170 Å². The van der Waals surface area contributed by atoms with Crippen molar-refractivity contribution in [3.05, 3.63) is 77.4 Å². The molecule has 0 bridgehead atoms. The summed E-state index contributed by atoms with van der Waals surface area (Å²) in [5.74, 6) is 1.18. The molecule has 29 heavy (non-hydrogen) atoms. The van der Waals surface area contributed by atoms with Crippen LogP contribution in [0.2, 0.25) is 0 Å². The van der Waals surface area contributed by atoms with Gasteiger partial charge < -0.3 is 19.3 Å². The summed E-state index contributed by atoms with van der Waals surface area (Å²) in [4.78, 5) is 16.6. The number of ether oxygens (including phenoxy) is 2. The van der Waals surface area contributed by atoms with Crippen molar-refractivity contribution in [2.24, 2.45) is 0 Å². The van der Waals surface area contributed by atoms with Gasteiger partial charge in [0.2, 0.25) is 11.7 Å². The zero-order chi connectivity index (χ0) is 20.5. The maximum atomic E-state index is 12.5. The van der Waals surface area contributed by atoms with E-state index in [-0.39, 0.29) is 18.6 Å². The molecule has 1 amide bonds. The molecule has 0 radical (unpaired) electrons. The maximum absolute atomic E-state index is 12.5. The summed E-state index contributed by atoms with van der Waals surface area (Å²) in [5, 5.41) is 6.69. The first kappa shape index (κ1) is 20.5. The predicted octanol–water partition coefficient (Wildman–Crippen LogP) is 3.85. The topological polar surface area (TPSA) is 86.5 Å². The van der Waals surface area contributed by atoms with Gasteiger partial charge in [-0.15, -0.1) is 0 Å². The Hall–Kier alpha value is -3.19. The Morgan fingerprint density at radius 3 is 2.66 bits per heavy atom. The fourth-order valence-corrected chi connectivity index (χ4v) is 2.77. The van der Waals surface area contributed by atoms with Gasteiger partial charge in [-0.25, -0.2) is 0 Å². The molecule has 3 rings (SSSR count). The van der Waals surface area contributed by atoms with E-state index in [4.69, 9.17) is 14.0 Å². The molecule has 1 aromatic heterocycles. The van der Waals surface area contributed by atoms with Crippen molar-refractivity contribution in [1.82, 2.24) is 15.5 Å². The highest BCUT2D eigenvalue weighted by Gasteiger charge is 2.13. The van der Waals surface area contributed by atoms with Crippen LogP contribution in [0.3, 0.4) is 0 Å². The largest absolute Gasteiger partial charge is 0.485 e. The Kier molecular flexibility index (Phi) is 7.35. The molecule has 0 fully saturated rings. The summed E-state index contributed by atoms with van der Waals surface area (Å²) < 4.78 is 16.4. The first-order chi connectivity index (χ1) is 14.1. The highest BCUT2D eigenvalue weighted by Crippen LogP contribution is 2.19. The highest BCUT2D eigenvalue weighted by atomic mass is 16.5. The standard InChI is InChI=1S/C22H25N3O4/c1-16(18-9-4-3-5-10-18)27-14-8-13-23-22(26)19-11-6-7-12-20(19)28-15-21-24-17(2)29-25-21/h3-7,9-12,16H,8,13-15H2,1-2H3,(H,23,26). The van der Waals surface area contributed by atoms with Crippen LogP contribution >= 0.6 is 0 Å². The SMILES string of the molecule is Cc1nc(COc2ccccc2C(=O)NCCCOC(C)c2ccccc2)no1. The fourth-order valence-electron chi connectivity index (χ4n) is 2.77. The number of aryl methyl sites for hydroxylation is 1. The molecule has 1 N–H and O–H groups in total. The van der Waals surface area contributed by atoms with Crippen LogP contribution in [0.5, 0.6) is 5.75 Å². The third-order valence-electron chi connectivity index (χ3n) is 4.30. The Balaban J connectivity index is 1.43. The molecular formula is C22H25N3O4. The lowest BCUT2D eigenvalue weighted by Gasteiger charge is -2.14. The molecule has 3 aromatic rings. The van der Waals surface area contributed by atoms with Gasteiger partial charge in [-0.3, -0.25) is 4.79 Å². The smallest absolute Gasteiger partial charge is 0.255 e. The number of nitrogens with one attached hydrogen (secondary N) is 1. The van der Waals surface area contributed by atoms with E-state index in [0.717, 1.165) is 5.56 Å². The number of para-hydroxylation sites is 1. The lowest BCUT2D eigenvalue weighted by atomic mass is 10.1. The molecule has 2 aromatic carbocycles. The molecule has 0 spiro atoms. The van der Waals surface area contributed by atoms with E-state index >= 15 is 0 Å². The van der Waals surface area contributed by atoms with Crippen LogP contribution in [0.1, 0.15) is 47.1 Å². The second-order valence-corrected chi connectivity index (χ2v) is 6.55. The quantitative estimate of drug-likeness (QED) is 0.525. The molecule has 7 heteroatoms. The van der Waals surface area contributed by atoms with Gasteiger partial charge in [0, 0.05) is 20.1 Å². The van der Waals surface area contributed by atoms with Crippen molar-refractivity contribution in [2.75, 3.05) is 13.2 Å². The second-order valence-electron chi connectivity index (χ2n) is 6.55. The molecule has 0 aliphatic carbocycles. The zero-order valence-corrected chi connectivity index (χ0v) is 16.6. The van der Waals surface area contributed by atoms with Crippen molar-refractivity contribution >= 4 is 5.91 Å². The summed E-state index contributed by atoms with van der Waals surface area (Å²) in [7, 11) is 0. The first-order valence-corrected chi connectivity index (χ1v) is 9.59. The zero-order valence-electron chi connectivity index (χ0n) is 16.6. The molecule has 7 nitrogen and oxygen atoms in total. The average molecular weight is 395 g/mol. The number of hydrogen-bond donors (Lipinski definition) is 1.